The van der Waals surface area contributed by atoms with Gasteiger partial charge in [-0.25, -0.2) is 8.42 Å². The molecule has 0 radical (unpaired) electrons. The van der Waals surface area contributed by atoms with Crippen LogP contribution in [0.1, 0.15) is 24.8 Å². The maximum absolute atomic E-state index is 13.3. The minimum absolute atomic E-state index is 0.0886. The molecule has 3 heterocycles. The molecule has 2 aliphatic heterocycles. The second-order valence-electron chi connectivity index (χ2n) is 7.53. The predicted octanol–water partition coefficient (Wildman–Crippen LogP) is 2.51. The van der Waals surface area contributed by atoms with Crippen LogP contribution in [0.3, 0.4) is 0 Å². The Morgan fingerprint density at radius 2 is 1.83 bits per heavy atom. The summed E-state index contributed by atoms with van der Waals surface area (Å²) in [6.07, 6.45) is 2.08. The van der Waals surface area contributed by atoms with E-state index in [9.17, 15) is 13.2 Å². The Balaban J connectivity index is 1.45. The molecule has 2 fully saturated rings. The lowest BCUT2D eigenvalue weighted by Crippen LogP contribution is -2.48. The largest absolute Gasteiger partial charge is 0.370 e. The zero-order chi connectivity index (χ0) is 21.1. The van der Waals surface area contributed by atoms with Gasteiger partial charge in [0.15, 0.2) is 0 Å². The number of nitriles is 1. The Hall–Kier alpha value is -2.41. The van der Waals surface area contributed by atoms with E-state index >= 15 is 0 Å². The van der Waals surface area contributed by atoms with Gasteiger partial charge >= 0.3 is 0 Å². The molecule has 0 bridgehead atoms. The van der Waals surface area contributed by atoms with Crippen molar-refractivity contribution in [3.8, 4) is 6.07 Å². The predicted molar refractivity (Wildman–Crippen MR) is 116 cm³/mol. The SMILES string of the molecule is N#Cc1ccc(N2CCCN(C(=O)C3CCCN3S(=O)(=O)c3cccs3)CC2)cc1. The topological polar surface area (TPSA) is 84.7 Å². The van der Waals surface area contributed by atoms with Gasteiger partial charge in [0, 0.05) is 38.4 Å². The van der Waals surface area contributed by atoms with E-state index in [1.54, 1.807) is 29.6 Å². The Morgan fingerprint density at radius 3 is 2.53 bits per heavy atom. The van der Waals surface area contributed by atoms with Crippen molar-refractivity contribution >= 4 is 33.0 Å². The van der Waals surface area contributed by atoms with E-state index in [2.05, 4.69) is 11.0 Å². The van der Waals surface area contributed by atoms with Crippen LogP contribution in [0.25, 0.3) is 0 Å². The van der Waals surface area contributed by atoms with Crippen molar-refractivity contribution in [2.75, 3.05) is 37.6 Å². The fourth-order valence-corrected chi connectivity index (χ4v) is 6.92. The number of rotatable bonds is 4. The molecule has 30 heavy (non-hydrogen) atoms. The Kier molecular flexibility index (Phi) is 6.09. The molecule has 1 aromatic carbocycles. The van der Waals surface area contributed by atoms with Gasteiger partial charge in [0.2, 0.25) is 5.91 Å². The number of hydrogen-bond donors (Lipinski definition) is 0. The first-order valence-corrected chi connectivity index (χ1v) is 12.4. The molecular weight excluding hydrogens is 420 g/mol. The van der Waals surface area contributed by atoms with E-state index in [-0.39, 0.29) is 5.91 Å². The quantitative estimate of drug-likeness (QED) is 0.723. The van der Waals surface area contributed by atoms with Gasteiger partial charge in [0.1, 0.15) is 10.3 Å². The molecular formula is C21H24N4O3S2. The van der Waals surface area contributed by atoms with Crippen LogP contribution in [-0.4, -0.2) is 62.3 Å². The van der Waals surface area contributed by atoms with E-state index in [0.717, 1.165) is 18.7 Å². The lowest BCUT2D eigenvalue weighted by molar-refractivity contribution is -0.134. The number of benzene rings is 1. The zero-order valence-corrected chi connectivity index (χ0v) is 18.2. The van der Waals surface area contributed by atoms with Crippen molar-refractivity contribution in [3.05, 3.63) is 47.3 Å². The fourth-order valence-electron chi connectivity index (χ4n) is 4.15. The van der Waals surface area contributed by atoms with E-state index in [0.29, 0.717) is 48.8 Å². The van der Waals surface area contributed by atoms with E-state index in [4.69, 9.17) is 5.26 Å². The molecule has 2 saturated heterocycles. The van der Waals surface area contributed by atoms with Crippen molar-refractivity contribution in [3.63, 3.8) is 0 Å². The fraction of sp³-hybridized carbons (Fsp3) is 0.429. The van der Waals surface area contributed by atoms with Crippen LogP contribution in [0.2, 0.25) is 0 Å². The molecule has 1 unspecified atom stereocenters. The van der Waals surface area contributed by atoms with E-state index < -0.39 is 16.1 Å². The van der Waals surface area contributed by atoms with E-state index in [1.165, 1.54) is 15.6 Å². The highest BCUT2D eigenvalue weighted by Gasteiger charge is 2.41. The summed E-state index contributed by atoms with van der Waals surface area (Å²) in [5.41, 5.74) is 1.66. The molecule has 1 amide bonds. The molecule has 0 aliphatic carbocycles. The molecule has 0 spiro atoms. The molecule has 1 atom stereocenters. The Bertz CT molecular complexity index is 1030. The van der Waals surface area contributed by atoms with Crippen LogP contribution in [0.5, 0.6) is 0 Å². The highest BCUT2D eigenvalue weighted by molar-refractivity contribution is 7.91. The highest BCUT2D eigenvalue weighted by Crippen LogP contribution is 2.30. The number of thiophene rings is 1. The lowest BCUT2D eigenvalue weighted by atomic mass is 10.2. The third-order valence-corrected chi connectivity index (χ3v) is 9.00. The molecule has 0 N–H and O–H groups in total. The first-order valence-electron chi connectivity index (χ1n) is 10.1. The number of carbonyl (C=O) groups is 1. The smallest absolute Gasteiger partial charge is 0.253 e. The van der Waals surface area contributed by atoms with Crippen LogP contribution in [-0.2, 0) is 14.8 Å². The van der Waals surface area contributed by atoms with Crippen LogP contribution in [0, 0.1) is 11.3 Å². The maximum Gasteiger partial charge on any atom is 0.253 e. The van der Waals surface area contributed by atoms with Crippen molar-refractivity contribution in [2.24, 2.45) is 0 Å². The maximum atomic E-state index is 13.3. The summed E-state index contributed by atoms with van der Waals surface area (Å²) in [6, 6.07) is 12.3. The Morgan fingerprint density at radius 1 is 1.03 bits per heavy atom. The van der Waals surface area contributed by atoms with Gasteiger partial charge in [0.05, 0.1) is 11.6 Å². The minimum atomic E-state index is -3.63. The summed E-state index contributed by atoms with van der Waals surface area (Å²) in [6.45, 7) is 3.07. The van der Waals surface area contributed by atoms with Gasteiger partial charge in [-0.1, -0.05) is 6.07 Å². The lowest BCUT2D eigenvalue weighted by Gasteiger charge is -2.29. The summed E-state index contributed by atoms with van der Waals surface area (Å²) in [5, 5.41) is 10.7. The summed E-state index contributed by atoms with van der Waals surface area (Å²) in [7, 11) is -3.63. The minimum Gasteiger partial charge on any atom is -0.370 e. The van der Waals surface area contributed by atoms with Gasteiger partial charge in [0.25, 0.3) is 10.0 Å². The number of sulfonamides is 1. The van der Waals surface area contributed by atoms with Gasteiger partial charge in [-0.2, -0.15) is 9.57 Å². The van der Waals surface area contributed by atoms with Crippen LogP contribution in [0.4, 0.5) is 5.69 Å². The standard InChI is InChI=1S/C21H24N4O3S2/c22-16-17-6-8-18(9-7-17)23-10-3-11-24(14-13-23)21(26)19-4-1-12-25(19)30(27,28)20-5-2-15-29-20/h2,5-9,15,19H,1,3-4,10-14H2. The number of carbonyl (C=O) groups excluding carboxylic acids is 1. The van der Waals surface area contributed by atoms with Crippen molar-refractivity contribution in [1.29, 1.82) is 5.26 Å². The molecule has 4 rings (SSSR count). The zero-order valence-electron chi connectivity index (χ0n) is 16.6. The molecule has 1 aromatic heterocycles. The first kappa shape index (κ1) is 20.8. The van der Waals surface area contributed by atoms with Gasteiger partial charge in [-0.3, -0.25) is 4.79 Å². The third kappa shape index (κ3) is 4.08. The van der Waals surface area contributed by atoms with Crippen molar-refractivity contribution < 1.29 is 13.2 Å². The molecule has 158 valence electrons. The highest BCUT2D eigenvalue weighted by atomic mass is 32.2. The third-order valence-electron chi connectivity index (χ3n) is 5.72. The molecule has 9 heteroatoms. The van der Waals surface area contributed by atoms with E-state index in [1.807, 2.05) is 17.0 Å². The van der Waals surface area contributed by atoms with Crippen molar-refractivity contribution in [2.45, 2.75) is 29.5 Å². The number of nitrogens with zero attached hydrogens (tertiary/aromatic N) is 4. The first-order chi connectivity index (χ1) is 14.5. The number of anilines is 1. The average Bonchev–Trinajstić information content (AvgIpc) is 3.42. The van der Waals surface area contributed by atoms with Crippen LogP contribution >= 0.6 is 11.3 Å². The summed E-state index contributed by atoms with van der Waals surface area (Å²) in [4.78, 5) is 17.3. The van der Waals surface area contributed by atoms with Crippen molar-refractivity contribution in [1.82, 2.24) is 9.21 Å². The molecule has 2 aliphatic rings. The second-order valence-corrected chi connectivity index (χ2v) is 10.6. The van der Waals surface area contributed by atoms with Gasteiger partial charge in [-0.15, -0.1) is 11.3 Å². The second kappa shape index (κ2) is 8.76. The average molecular weight is 445 g/mol. The van der Waals surface area contributed by atoms with Gasteiger partial charge < -0.3 is 9.80 Å². The normalized spacial score (nSPS) is 20.7. The molecule has 2 aromatic rings. The van der Waals surface area contributed by atoms with Gasteiger partial charge in [-0.05, 0) is 55.0 Å². The summed E-state index contributed by atoms with van der Waals surface area (Å²) in [5.74, 6) is -0.0886. The molecule has 0 saturated carbocycles. The number of hydrogen-bond acceptors (Lipinski definition) is 6. The number of amides is 1. The van der Waals surface area contributed by atoms with Crippen LogP contribution < -0.4 is 4.90 Å². The Labute approximate surface area is 181 Å². The summed E-state index contributed by atoms with van der Waals surface area (Å²) >= 11 is 1.19. The monoisotopic (exact) mass is 444 g/mol. The summed E-state index contributed by atoms with van der Waals surface area (Å²) < 4.78 is 27.7. The van der Waals surface area contributed by atoms with Crippen LogP contribution in [0.15, 0.2) is 46.0 Å². The molecule has 7 nitrogen and oxygen atoms in total.